The number of nitrogens with zero attached hydrogens (tertiary/aromatic N) is 3. The van der Waals surface area contributed by atoms with Gasteiger partial charge in [-0.3, -0.25) is 0 Å². The van der Waals surface area contributed by atoms with Crippen molar-refractivity contribution in [2.75, 3.05) is 19.5 Å². The maximum Gasteiger partial charge on any atom is 0.324 e. The SMILES string of the molecule is COc1nc(Nc2ccc(Cl)c(Cl)c2)nc(OC)n1. The number of benzene rings is 1. The number of hydrogen-bond acceptors (Lipinski definition) is 6. The second-order valence-corrected chi connectivity index (χ2v) is 4.20. The molecule has 0 aliphatic carbocycles. The number of rotatable bonds is 4. The van der Waals surface area contributed by atoms with Crippen LogP contribution in [0.2, 0.25) is 10.0 Å². The molecule has 8 heteroatoms. The quantitative estimate of drug-likeness (QED) is 0.936. The van der Waals surface area contributed by atoms with E-state index in [4.69, 9.17) is 32.7 Å². The van der Waals surface area contributed by atoms with Crippen LogP contribution < -0.4 is 14.8 Å². The molecule has 0 bridgehead atoms. The van der Waals surface area contributed by atoms with Crippen LogP contribution in [-0.4, -0.2) is 29.2 Å². The molecule has 0 aliphatic heterocycles. The van der Waals surface area contributed by atoms with Crippen LogP contribution in [0.25, 0.3) is 0 Å². The molecule has 2 rings (SSSR count). The predicted octanol–water partition coefficient (Wildman–Crippen LogP) is 2.94. The van der Waals surface area contributed by atoms with Gasteiger partial charge >= 0.3 is 12.0 Å². The minimum atomic E-state index is 0.148. The summed E-state index contributed by atoms with van der Waals surface area (Å²) < 4.78 is 9.90. The summed E-state index contributed by atoms with van der Waals surface area (Å²) >= 11 is 11.8. The smallest absolute Gasteiger partial charge is 0.324 e. The van der Waals surface area contributed by atoms with Crippen molar-refractivity contribution in [3.8, 4) is 12.0 Å². The molecular formula is C11H10Cl2N4O2. The number of methoxy groups -OCH3 is 2. The van der Waals surface area contributed by atoms with Gasteiger partial charge in [-0.25, -0.2) is 0 Å². The highest BCUT2D eigenvalue weighted by Crippen LogP contribution is 2.26. The first-order valence-corrected chi connectivity index (χ1v) is 5.94. The highest BCUT2D eigenvalue weighted by molar-refractivity contribution is 6.42. The summed E-state index contributed by atoms with van der Waals surface area (Å²) in [6.45, 7) is 0. The lowest BCUT2D eigenvalue weighted by Gasteiger charge is -2.08. The molecule has 100 valence electrons. The van der Waals surface area contributed by atoms with Gasteiger partial charge in [0.25, 0.3) is 0 Å². The summed E-state index contributed by atoms with van der Waals surface area (Å²) in [4.78, 5) is 12.0. The van der Waals surface area contributed by atoms with Crippen molar-refractivity contribution in [3.63, 3.8) is 0 Å². The van der Waals surface area contributed by atoms with E-state index >= 15 is 0 Å². The molecule has 2 aromatic rings. The van der Waals surface area contributed by atoms with Crippen molar-refractivity contribution in [1.82, 2.24) is 15.0 Å². The van der Waals surface area contributed by atoms with E-state index in [0.717, 1.165) is 0 Å². The number of ether oxygens (including phenoxy) is 2. The standard InChI is InChI=1S/C11H10Cl2N4O2/c1-18-10-15-9(16-11(17-10)19-2)14-6-3-4-7(12)8(13)5-6/h3-5H,1-2H3,(H,14,15,16,17). The Morgan fingerprint density at radius 3 is 2.11 bits per heavy atom. The fourth-order valence-corrected chi connectivity index (χ4v) is 1.58. The largest absolute Gasteiger partial charge is 0.467 e. The second-order valence-electron chi connectivity index (χ2n) is 3.39. The molecule has 1 N–H and O–H groups in total. The van der Waals surface area contributed by atoms with Crippen molar-refractivity contribution >= 4 is 34.8 Å². The lowest BCUT2D eigenvalue weighted by atomic mass is 10.3. The van der Waals surface area contributed by atoms with E-state index in [1.165, 1.54) is 14.2 Å². The van der Waals surface area contributed by atoms with E-state index in [1.54, 1.807) is 18.2 Å². The minimum absolute atomic E-state index is 0.148. The van der Waals surface area contributed by atoms with Gasteiger partial charge in [0, 0.05) is 5.69 Å². The lowest BCUT2D eigenvalue weighted by molar-refractivity contribution is 0.341. The van der Waals surface area contributed by atoms with E-state index in [0.29, 0.717) is 15.7 Å². The third-order valence-electron chi connectivity index (χ3n) is 2.14. The second kappa shape index (κ2) is 5.90. The van der Waals surface area contributed by atoms with E-state index < -0.39 is 0 Å². The first kappa shape index (κ1) is 13.6. The molecular weight excluding hydrogens is 291 g/mol. The normalized spacial score (nSPS) is 10.1. The van der Waals surface area contributed by atoms with Crippen molar-refractivity contribution in [1.29, 1.82) is 0 Å². The van der Waals surface area contributed by atoms with Gasteiger partial charge in [-0.1, -0.05) is 23.2 Å². The average molecular weight is 301 g/mol. The predicted molar refractivity (Wildman–Crippen MR) is 72.7 cm³/mol. The molecule has 0 saturated carbocycles. The van der Waals surface area contributed by atoms with Crippen LogP contribution in [0.15, 0.2) is 18.2 Å². The van der Waals surface area contributed by atoms with Gasteiger partial charge in [-0.15, -0.1) is 4.98 Å². The zero-order valence-electron chi connectivity index (χ0n) is 10.1. The topological polar surface area (TPSA) is 69.2 Å². The average Bonchev–Trinajstić information content (AvgIpc) is 2.42. The van der Waals surface area contributed by atoms with Gasteiger partial charge < -0.3 is 14.8 Å². The van der Waals surface area contributed by atoms with E-state index in [1.807, 2.05) is 0 Å². The highest BCUT2D eigenvalue weighted by Gasteiger charge is 2.08. The third kappa shape index (κ3) is 3.36. The Balaban J connectivity index is 2.29. The Kier molecular flexibility index (Phi) is 4.24. The Hall–Kier alpha value is -1.79. The molecule has 19 heavy (non-hydrogen) atoms. The Morgan fingerprint density at radius 2 is 1.58 bits per heavy atom. The van der Waals surface area contributed by atoms with E-state index in [-0.39, 0.29) is 18.0 Å². The monoisotopic (exact) mass is 300 g/mol. The number of halogens is 2. The molecule has 0 aliphatic rings. The molecule has 6 nitrogen and oxygen atoms in total. The fraction of sp³-hybridized carbons (Fsp3) is 0.182. The number of hydrogen-bond donors (Lipinski definition) is 1. The molecule has 0 spiro atoms. The number of nitrogens with one attached hydrogen (secondary N) is 1. The van der Waals surface area contributed by atoms with Crippen molar-refractivity contribution in [2.45, 2.75) is 0 Å². The summed E-state index contributed by atoms with van der Waals surface area (Å²) in [5.41, 5.74) is 0.685. The van der Waals surface area contributed by atoms with Gasteiger partial charge in [0.15, 0.2) is 0 Å². The van der Waals surface area contributed by atoms with Crippen molar-refractivity contribution < 1.29 is 9.47 Å². The van der Waals surface area contributed by atoms with Crippen LogP contribution in [0.5, 0.6) is 12.0 Å². The van der Waals surface area contributed by atoms with Crippen LogP contribution in [-0.2, 0) is 0 Å². The zero-order valence-corrected chi connectivity index (χ0v) is 11.7. The van der Waals surface area contributed by atoms with Gasteiger partial charge in [0.05, 0.1) is 24.3 Å². The molecule has 0 unspecified atom stereocenters. The summed E-state index contributed by atoms with van der Waals surface area (Å²) in [5, 5.41) is 3.86. The van der Waals surface area contributed by atoms with Crippen LogP contribution in [0.1, 0.15) is 0 Å². The van der Waals surface area contributed by atoms with E-state index in [9.17, 15) is 0 Å². The fourth-order valence-electron chi connectivity index (χ4n) is 1.28. The van der Waals surface area contributed by atoms with Crippen molar-refractivity contribution in [3.05, 3.63) is 28.2 Å². The molecule has 0 atom stereocenters. The molecule has 1 aromatic heterocycles. The summed E-state index contributed by atoms with van der Waals surface area (Å²) in [5.74, 6) is 0.280. The third-order valence-corrected chi connectivity index (χ3v) is 2.87. The molecule has 1 aromatic carbocycles. The summed E-state index contributed by atoms with van der Waals surface area (Å²) in [6, 6.07) is 5.37. The Morgan fingerprint density at radius 1 is 0.947 bits per heavy atom. The number of aromatic nitrogens is 3. The Labute approximate surface area is 119 Å². The minimum Gasteiger partial charge on any atom is -0.467 e. The van der Waals surface area contributed by atoms with Gasteiger partial charge in [-0.2, -0.15) is 9.97 Å². The highest BCUT2D eigenvalue weighted by atomic mass is 35.5. The van der Waals surface area contributed by atoms with Gasteiger partial charge in [0.2, 0.25) is 5.95 Å². The first-order chi connectivity index (χ1) is 9.12. The van der Waals surface area contributed by atoms with Crippen LogP contribution in [0.3, 0.4) is 0 Å². The molecule has 0 radical (unpaired) electrons. The van der Waals surface area contributed by atoms with Crippen LogP contribution in [0.4, 0.5) is 11.6 Å². The maximum absolute atomic E-state index is 5.92. The summed E-state index contributed by atoms with van der Waals surface area (Å²) in [6.07, 6.45) is 0. The lowest BCUT2D eigenvalue weighted by Crippen LogP contribution is -2.03. The van der Waals surface area contributed by atoms with E-state index in [2.05, 4.69) is 20.3 Å². The molecule has 0 saturated heterocycles. The summed E-state index contributed by atoms with van der Waals surface area (Å²) in [7, 11) is 2.91. The first-order valence-electron chi connectivity index (χ1n) is 5.18. The van der Waals surface area contributed by atoms with Crippen LogP contribution in [0, 0.1) is 0 Å². The number of anilines is 2. The molecule has 1 heterocycles. The molecule has 0 amide bonds. The van der Waals surface area contributed by atoms with Gasteiger partial charge in [-0.05, 0) is 18.2 Å². The van der Waals surface area contributed by atoms with Crippen LogP contribution >= 0.6 is 23.2 Å². The maximum atomic E-state index is 5.92. The Bertz CT molecular complexity index is 573. The molecule has 0 fully saturated rings. The van der Waals surface area contributed by atoms with Crippen molar-refractivity contribution in [2.24, 2.45) is 0 Å². The zero-order chi connectivity index (χ0) is 13.8. The van der Waals surface area contributed by atoms with Gasteiger partial charge in [0.1, 0.15) is 0 Å².